The standard InChI is InChI=1S/C13H26N2O3/c1-6-7-9(8-10(16)17)15-11(18)12(2,3)13(4,5)14/h9H,6-8,14H2,1-5H3,(H,15,18)(H,16,17). The summed E-state index contributed by atoms with van der Waals surface area (Å²) < 4.78 is 0. The van der Waals surface area contributed by atoms with Crippen molar-refractivity contribution in [2.45, 2.75) is 65.5 Å². The van der Waals surface area contributed by atoms with Crippen LogP contribution in [0.25, 0.3) is 0 Å². The molecule has 0 fully saturated rings. The largest absolute Gasteiger partial charge is 0.481 e. The van der Waals surface area contributed by atoms with Crippen molar-refractivity contribution in [2.75, 3.05) is 0 Å². The lowest BCUT2D eigenvalue weighted by Gasteiger charge is -2.38. The number of nitrogens with one attached hydrogen (secondary N) is 1. The minimum Gasteiger partial charge on any atom is -0.481 e. The summed E-state index contributed by atoms with van der Waals surface area (Å²) in [5.41, 5.74) is 4.57. The number of carbonyl (C=O) groups excluding carboxylic acids is 1. The van der Waals surface area contributed by atoms with Gasteiger partial charge < -0.3 is 16.2 Å². The number of hydrogen-bond donors (Lipinski definition) is 3. The number of amides is 1. The summed E-state index contributed by atoms with van der Waals surface area (Å²) in [6, 6.07) is -0.332. The zero-order valence-electron chi connectivity index (χ0n) is 12.0. The molecular weight excluding hydrogens is 232 g/mol. The second-order valence-electron chi connectivity index (χ2n) is 5.90. The molecule has 1 atom stereocenters. The fourth-order valence-corrected chi connectivity index (χ4v) is 1.44. The van der Waals surface area contributed by atoms with Crippen LogP contribution in [-0.2, 0) is 9.59 Å². The summed E-state index contributed by atoms with van der Waals surface area (Å²) in [5.74, 6) is -1.10. The second-order valence-corrected chi connectivity index (χ2v) is 5.90. The molecule has 0 bridgehead atoms. The highest BCUT2D eigenvalue weighted by molar-refractivity contribution is 5.84. The number of aliphatic carboxylic acids is 1. The normalized spacial score (nSPS) is 14.1. The van der Waals surface area contributed by atoms with Gasteiger partial charge in [0.15, 0.2) is 0 Å². The molecule has 1 unspecified atom stereocenters. The summed E-state index contributed by atoms with van der Waals surface area (Å²) in [7, 11) is 0. The maximum Gasteiger partial charge on any atom is 0.305 e. The van der Waals surface area contributed by atoms with Gasteiger partial charge in [-0.1, -0.05) is 13.3 Å². The summed E-state index contributed by atoms with van der Waals surface area (Å²) in [6.45, 7) is 9.08. The molecular formula is C13H26N2O3. The molecule has 4 N–H and O–H groups in total. The smallest absolute Gasteiger partial charge is 0.305 e. The third-order valence-electron chi connectivity index (χ3n) is 3.57. The molecule has 0 radical (unpaired) electrons. The Kier molecular flexibility index (Phi) is 5.80. The Labute approximate surface area is 109 Å². The van der Waals surface area contributed by atoms with E-state index in [1.165, 1.54) is 0 Å². The molecule has 5 heteroatoms. The molecule has 0 aliphatic carbocycles. The molecule has 0 heterocycles. The van der Waals surface area contributed by atoms with Crippen molar-refractivity contribution >= 4 is 11.9 Å². The van der Waals surface area contributed by atoms with Gasteiger partial charge in [-0.05, 0) is 34.1 Å². The molecule has 106 valence electrons. The highest BCUT2D eigenvalue weighted by atomic mass is 16.4. The fourth-order valence-electron chi connectivity index (χ4n) is 1.44. The lowest BCUT2D eigenvalue weighted by Crippen LogP contribution is -2.57. The SMILES string of the molecule is CCCC(CC(=O)O)NC(=O)C(C)(C)C(C)(C)N. The van der Waals surface area contributed by atoms with Gasteiger partial charge in [-0.2, -0.15) is 0 Å². The average Bonchev–Trinajstić information content (AvgIpc) is 2.14. The van der Waals surface area contributed by atoms with Gasteiger partial charge in [-0.15, -0.1) is 0 Å². The number of carboxylic acid groups (broad SMARTS) is 1. The first-order valence-corrected chi connectivity index (χ1v) is 6.34. The third kappa shape index (κ3) is 4.64. The molecule has 0 aromatic carbocycles. The maximum absolute atomic E-state index is 12.2. The van der Waals surface area contributed by atoms with Crippen molar-refractivity contribution in [3.63, 3.8) is 0 Å². The van der Waals surface area contributed by atoms with Gasteiger partial charge in [0.25, 0.3) is 0 Å². The first kappa shape index (κ1) is 16.9. The molecule has 0 aromatic heterocycles. The molecule has 0 aromatic rings. The molecule has 0 saturated carbocycles. The zero-order chi connectivity index (χ0) is 14.6. The van der Waals surface area contributed by atoms with Crippen molar-refractivity contribution in [3.8, 4) is 0 Å². The highest BCUT2D eigenvalue weighted by Gasteiger charge is 2.41. The first-order valence-electron chi connectivity index (χ1n) is 6.34. The van der Waals surface area contributed by atoms with E-state index in [0.717, 1.165) is 6.42 Å². The Morgan fingerprint density at radius 1 is 1.28 bits per heavy atom. The first-order chi connectivity index (χ1) is 8.02. The van der Waals surface area contributed by atoms with Crippen LogP contribution in [0.4, 0.5) is 0 Å². The van der Waals surface area contributed by atoms with E-state index < -0.39 is 16.9 Å². The van der Waals surface area contributed by atoms with Crippen molar-refractivity contribution < 1.29 is 14.7 Å². The molecule has 0 aliphatic heterocycles. The van der Waals surface area contributed by atoms with E-state index in [-0.39, 0.29) is 18.4 Å². The molecule has 0 rings (SSSR count). The van der Waals surface area contributed by atoms with Crippen LogP contribution in [0.3, 0.4) is 0 Å². The van der Waals surface area contributed by atoms with Crippen LogP contribution < -0.4 is 11.1 Å². The summed E-state index contributed by atoms with van der Waals surface area (Å²) in [4.78, 5) is 22.9. The van der Waals surface area contributed by atoms with Crippen LogP contribution in [0.15, 0.2) is 0 Å². The Hall–Kier alpha value is -1.10. The van der Waals surface area contributed by atoms with Crippen LogP contribution in [0.5, 0.6) is 0 Å². The van der Waals surface area contributed by atoms with E-state index >= 15 is 0 Å². The quantitative estimate of drug-likeness (QED) is 0.645. The zero-order valence-corrected chi connectivity index (χ0v) is 12.0. The van der Waals surface area contributed by atoms with Crippen molar-refractivity contribution in [2.24, 2.45) is 11.1 Å². The van der Waals surface area contributed by atoms with Crippen LogP contribution in [0.2, 0.25) is 0 Å². The summed E-state index contributed by atoms with van der Waals surface area (Å²) in [6.07, 6.45) is 1.42. The van der Waals surface area contributed by atoms with Gasteiger partial charge in [-0.25, -0.2) is 0 Å². The Morgan fingerprint density at radius 2 is 1.78 bits per heavy atom. The molecule has 5 nitrogen and oxygen atoms in total. The third-order valence-corrected chi connectivity index (χ3v) is 3.57. The molecule has 1 amide bonds. The van der Waals surface area contributed by atoms with Crippen LogP contribution >= 0.6 is 0 Å². The van der Waals surface area contributed by atoms with Crippen molar-refractivity contribution in [1.82, 2.24) is 5.32 Å². The molecule has 0 saturated heterocycles. The lowest BCUT2D eigenvalue weighted by molar-refractivity contribution is -0.138. The lowest BCUT2D eigenvalue weighted by atomic mass is 9.74. The van der Waals surface area contributed by atoms with E-state index in [2.05, 4.69) is 5.32 Å². The van der Waals surface area contributed by atoms with Gasteiger partial charge in [0.1, 0.15) is 0 Å². The number of nitrogens with two attached hydrogens (primary N) is 1. The van der Waals surface area contributed by atoms with Gasteiger partial charge >= 0.3 is 5.97 Å². The van der Waals surface area contributed by atoms with Gasteiger partial charge in [0.05, 0.1) is 11.8 Å². The van der Waals surface area contributed by atoms with Crippen LogP contribution in [0.1, 0.15) is 53.9 Å². The van der Waals surface area contributed by atoms with E-state index in [1.54, 1.807) is 27.7 Å². The van der Waals surface area contributed by atoms with Crippen molar-refractivity contribution in [1.29, 1.82) is 0 Å². The number of carboxylic acids is 1. The fraction of sp³-hybridized carbons (Fsp3) is 0.846. The minimum absolute atomic E-state index is 0.0549. The van der Waals surface area contributed by atoms with Crippen LogP contribution in [0, 0.1) is 5.41 Å². The molecule has 18 heavy (non-hydrogen) atoms. The molecule has 0 aliphatic rings. The predicted octanol–water partition coefficient (Wildman–Crippen LogP) is 1.51. The second kappa shape index (κ2) is 6.18. The number of carbonyl (C=O) groups is 2. The van der Waals surface area contributed by atoms with E-state index in [9.17, 15) is 9.59 Å². The topological polar surface area (TPSA) is 92.4 Å². The summed E-state index contributed by atoms with van der Waals surface area (Å²) >= 11 is 0. The van der Waals surface area contributed by atoms with Gasteiger partial charge in [0, 0.05) is 11.6 Å². The minimum atomic E-state index is -0.904. The summed E-state index contributed by atoms with van der Waals surface area (Å²) in [5, 5.41) is 11.6. The average molecular weight is 258 g/mol. The van der Waals surface area contributed by atoms with Gasteiger partial charge in [0.2, 0.25) is 5.91 Å². The van der Waals surface area contributed by atoms with Crippen LogP contribution in [-0.4, -0.2) is 28.6 Å². The Morgan fingerprint density at radius 3 is 2.11 bits per heavy atom. The highest BCUT2D eigenvalue weighted by Crippen LogP contribution is 2.28. The van der Waals surface area contributed by atoms with E-state index in [0.29, 0.717) is 6.42 Å². The number of hydrogen-bond acceptors (Lipinski definition) is 3. The number of rotatable bonds is 7. The van der Waals surface area contributed by atoms with Crippen molar-refractivity contribution in [3.05, 3.63) is 0 Å². The van der Waals surface area contributed by atoms with Gasteiger partial charge in [-0.3, -0.25) is 9.59 Å². The monoisotopic (exact) mass is 258 g/mol. The van der Waals surface area contributed by atoms with E-state index in [1.807, 2.05) is 6.92 Å². The predicted molar refractivity (Wildman–Crippen MR) is 71.1 cm³/mol. The Bertz CT molecular complexity index is 306. The molecule has 0 spiro atoms. The maximum atomic E-state index is 12.2. The van der Waals surface area contributed by atoms with E-state index in [4.69, 9.17) is 10.8 Å². The Balaban J connectivity index is 4.74.